The van der Waals surface area contributed by atoms with E-state index in [1.54, 1.807) is 42.9 Å². The van der Waals surface area contributed by atoms with Crippen molar-refractivity contribution in [2.24, 2.45) is 0 Å². The standard InChI is InChI=1S/C21H21ClN6O4/c1-21(31,12-29)11-27-10-16(18(26-27)14-8-13(22)4-5-17(14)32-2)25-20(30)15-9-24-28-7-3-6-23-19(15)28/h3-10,29,31H,11-12H2,1-2H3,(H,25,30)/t21-/m1/s1. The Morgan fingerprint density at radius 2 is 2.19 bits per heavy atom. The lowest BCUT2D eigenvalue weighted by atomic mass is 10.1. The van der Waals surface area contributed by atoms with Gasteiger partial charge in [-0.05, 0) is 31.2 Å². The van der Waals surface area contributed by atoms with Crippen LogP contribution < -0.4 is 10.1 Å². The molecular formula is C21H21ClN6O4. The van der Waals surface area contributed by atoms with Crippen LogP contribution >= 0.6 is 11.6 Å². The van der Waals surface area contributed by atoms with Crippen LogP contribution in [0.2, 0.25) is 5.02 Å². The Morgan fingerprint density at radius 1 is 1.38 bits per heavy atom. The number of fused-ring (bicyclic) bond motifs is 1. The van der Waals surface area contributed by atoms with Crippen molar-refractivity contribution in [1.82, 2.24) is 24.4 Å². The minimum Gasteiger partial charge on any atom is -0.496 e. The highest BCUT2D eigenvalue weighted by Crippen LogP contribution is 2.36. The number of benzene rings is 1. The summed E-state index contributed by atoms with van der Waals surface area (Å²) >= 11 is 6.19. The van der Waals surface area contributed by atoms with Gasteiger partial charge in [0.05, 0.1) is 32.1 Å². The van der Waals surface area contributed by atoms with Crippen molar-refractivity contribution in [3.05, 3.63) is 59.6 Å². The van der Waals surface area contributed by atoms with Gasteiger partial charge in [0.1, 0.15) is 22.6 Å². The molecule has 0 aliphatic rings. The van der Waals surface area contributed by atoms with E-state index in [2.05, 4.69) is 20.5 Å². The highest BCUT2D eigenvalue weighted by atomic mass is 35.5. The summed E-state index contributed by atoms with van der Waals surface area (Å²) in [5.41, 5.74) is 0.577. The number of amides is 1. The van der Waals surface area contributed by atoms with Crippen LogP contribution in [0, 0.1) is 0 Å². The zero-order chi connectivity index (χ0) is 22.9. The maximum atomic E-state index is 13.1. The van der Waals surface area contributed by atoms with E-state index in [0.29, 0.717) is 33.4 Å². The summed E-state index contributed by atoms with van der Waals surface area (Å²) in [5, 5.41) is 31.7. The molecule has 1 atom stereocenters. The van der Waals surface area contributed by atoms with Gasteiger partial charge < -0.3 is 20.3 Å². The van der Waals surface area contributed by atoms with Gasteiger partial charge in [0, 0.05) is 29.2 Å². The van der Waals surface area contributed by atoms with Crippen LogP contribution in [-0.4, -0.2) is 59.8 Å². The molecular weight excluding hydrogens is 436 g/mol. The Balaban J connectivity index is 1.77. The van der Waals surface area contributed by atoms with Crippen molar-refractivity contribution < 1.29 is 19.7 Å². The highest BCUT2D eigenvalue weighted by Gasteiger charge is 2.24. The molecule has 0 saturated heterocycles. The van der Waals surface area contributed by atoms with Crippen LogP contribution in [0.25, 0.3) is 16.9 Å². The fourth-order valence-electron chi connectivity index (χ4n) is 3.23. The SMILES string of the molecule is COc1ccc(Cl)cc1-c1nn(C[C@@](C)(O)CO)cc1NC(=O)c1cnn2cccnc12. The molecule has 3 heterocycles. The number of aliphatic hydroxyl groups is 2. The molecule has 0 spiro atoms. The fraction of sp³-hybridized carbons (Fsp3) is 0.238. The summed E-state index contributed by atoms with van der Waals surface area (Å²) < 4.78 is 8.38. The number of aliphatic hydroxyl groups excluding tert-OH is 1. The first-order chi connectivity index (χ1) is 15.3. The molecule has 4 aromatic rings. The normalized spacial score (nSPS) is 13.2. The second-order valence-corrected chi connectivity index (χ2v) is 7.93. The summed E-state index contributed by atoms with van der Waals surface area (Å²) in [6.45, 7) is 1.02. The van der Waals surface area contributed by atoms with E-state index in [1.807, 2.05) is 0 Å². The lowest BCUT2D eigenvalue weighted by Gasteiger charge is -2.19. The largest absolute Gasteiger partial charge is 0.496 e. The molecule has 166 valence electrons. The molecule has 0 aliphatic heterocycles. The molecule has 0 aliphatic carbocycles. The van der Waals surface area contributed by atoms with Crippen molar-refractivity contribution in [2.75, 3.05) is 19.0 Å². The minimum atomic E-state index is -1.41. The molecule has 0 unspecified atom stereocenters. The number of hydrogen-bond donors (Lipinski definition) is 3. The molecule has 0 radical (unpaired) electrons. The van der Waals surface area contributed by atoms with Crippen LogP contribution in [0.4, 0.5) is 5.69 Å². The number of nitrogens with one attached hydrogen (secondary N) is 1. The third kappa shape index (κ3) is 4.28. The first kappa shape index (κ1) is 21.8. The molecule has 1 amide bonds. The lowest BCUT2D eigenvalue weighted by Crippen LogP contribution is -2.34. The Labute approximate surface area is 188 Å². The molecule has 0 bridgehead atoms. The number of carbonyl (C=O) groups is 1. The van der Waals surface area contributed by atoms with Crippen LogP contribution in [0.5, 0.6) is 5.75 Å². The minimum absolute atomic E-state index is 0.00643. The quantitative estimate of drug-likeness (QED) is 0.389. The number of nitrogens with zero attached hydrogens (tertiary/aromatic N) is 5. The van der Waals surface area contributed by atoms with Crippen molar-refractivity contribution in [3.8, 4) is 17.0 Å². The van der Waals surface area contributed by atoms with Crippen molar-refractivity contribution in [2.45, 2.75) is 19.1 Å². The lowest BCUT2D eigenvalue weighted by molar-refractivity contribution is -0.0144. The average Bonchev–Trinajstić information content (AvgIpc) is 3.37. The number of ether oxygens (including phenoxy) is 1. The summed E-state index contributed by atoms with van der Waals surface area (Å²) in [5.74, 6) is 0.0659. The number of hydrogen-bond acceptors (Lipinski definition) is 7. The summed E-state index contributed by atoms with van der Waals surface area (Å²) in [6.07, 6.45) is 6.26. The summed E-state index contributed by atoms with van der Waals surface area (Å²) in [6, 6.07) is 6.76. The molecule has 4 rings (SSSR count). The fourth-order valence-corrected chi connectivity index (χ4v) is 3.41. The van der Waals surface area contributed by atoms with Crippen molar-refractivity contribution in [3.63, 3.8) is 0 Å². The van der Waals surface area contributed by atoms with Gasteiger partial charge in [0.25, 0.3) is 5.91 Å². The second kappa shape index (κ2) is 8.58. The average molecular weight is 457 g/mol. The van der Waals surface area contributed by atoms with Gasteiger partial charge in [-0.15, -0.1) is 0 Å². The third-order valence-corrected chi connectivity index (χ3v) is 5.03. The van der Waals surface area contributed by atoms with Crippen molar-refractivity contribution >= 4 is 28.8 Å². The predicted octanol–water partition coefficient (Wildman–Crippen LogP) is 2.25. The van der Waals surface area contributed by atoms with E-state index in [4.69, 9.17) is 16.3 Å². The zero-order valence-electron chi connectivity index (χ0n) is 17.4. The highest BCUT2D eigenvalue weighted by molar-refractivity contribution is 6.31. The summed E-state index contributed by atoms with van der Waals surface area (Å²) in [7, 11) is 1.52. The maximum absolute atomic E-state index is 13.1. The smallest absolute Gasteiger partial charge is 0.261 e. The van der Waals surface area contributed by atoms with E-state index in [0.717, 1.165) is 0 Å². The van der Waals surface area contributed by atoms with E-state index in [9.17, 15) is 15.0 Å². The van der Waals surface area contributed by atoms with Gasteiger partial charge >= 0.3 is 0 Å². The number of carbonyl (C=O) groups excluding carboxylic acids is 1. The maximum Gasteiger partial charge on any atom is 0.261 e. The molecule has 0 saturated carbocycles. The number of methoxy groups -OCH3 is 1. The van der Waals surface area contributed by atoms with Crippen LogP contribution in [0.1, 0.15) is 17.3 Å². The van der Waals surface area contributed by atoms with Crippen molar-refractivity contribution in [1.29, 1.82) is 0 Å². The van der Waals surface area contributed by atoms with Gasteiger partial charge in [0.2, 0.25) is 0 Å². The van der Waals surface area contributed by atoms with E-state index < -0.39 is 18.1 Å². The molecule has 11 heteroatoms. The van der Waals surface area contributed by atoms with Gasteiger partial charge in [-0.2, -0.15) is 10.2 Å². The predicted molar refractivity (Wildman–Crippen MR) is 118 cm³/mol. The topological polar surface area (TPSA) is 127 Å². The molecule has 32 heavy (non-hydrogen) atoms. The van der Waals surface area contributed by atoms with E-state index >= 15 is 0 Å². The van der Waals surface area contributed by atoms with Gasteiger partial charge in [0.15, 0.2) is 5.65 Å². The van der Waals surface area contributed by atoms with Gasteiger partial charge in [-0.3, -0.25) is 9.48 Å². The number of aromatic nitrogens is 5. The molecule has 3 N–H and O–H groups in total. The van der Waals surface area contributed by atoms with Crippen LogP contribution in [-0.2, 0) is 6.54 Å². The number of halogens is 1. The molecule has 10 nitrogen and oxygen atoms in total. The second-order valence-electron chi connectivity index (χ2n) is 7.49. The van der Waals surface area contributed by atoms with Gasteiger partial charge in [-0.25, -0.2) is 9.50 Å². The molecule has 3 aromatic heterocycles. The monoisotopic (exact) mass is 456 g/mol. The first-order valence-electron chi connectivity index (χ1n) is 9.65. The van der Waals surface area contributed by atoms with Crippen LogP contribution in [0.3, 0.4) is 0 Å². The number of anilines is 1. The Hall–Kier alpha value is -3.47. The molecule has 0 fully saturated rings. The van der Waals surface area contributed by atoms with E-state index in [-0.39, 0.29) is 12.1 Å². The third-order valence-electron chi connectivity index (χ3n) is 4.79. The summed E-state index contributed by atoms with van der Waals surface area (Å²) in [4.78, 5) is 17.3. The first-order valence-corrected chi connectivity index (χ1v) is 10.0. The van der Waals surface area contributed by atoms with E-state index in [1.165, 1.54) is 29.4 Å². The number of rotatable bonds is 7. The molecule has 1 aromatic carbocycles. The Morgan fingerprint density at radius 3 is 2.94 bits per heavy atom. The Kier molecular flexibility index (Phi) is 5.83. The van der Waals surface area contributed by atoms with Crippen LogP contribution in [0.15, 0.2) is 49.1 Å². The van der Waals surface area contributed by atoms with Gasteiger partial charge in [-0.1, -0.05) is 11.6 Å². The zero-order valence-corrected chi connectivity index (χ0v) is 18.1. The Bertz CT molecular complexity index is 1280.